The number of unbranched alkanes of at least 4 members (excludes halogenated alkanes) is 2. The second-order valence-electron chi connectivity index (χ2n) is 3.70. The van der Waals surface area contributed by atoms with Crippen LogP contribution in [0.4, 0.5) is 0 Å². The molecule has 0 aliphatic carbocycles. The summed E-state index contributed by atoms with van der Waals surface area (Å²) in [6.45, 7) is 5.76. The summed E-state index contributed by atoms with van der Waals surface area (Å²) >= 11 is 0. The van der Waals surface area contributed by atoms with Crippen molar-refractivity contribution < 1.29 is 10.2 Å². The Bertz CT molecular complexity index is 101. The van der Waals surface area contributed by atoms with E-state index in [0.717, 1.165) is 32.5 Å². The van der Waals surface area contributed by atoms with Crippen molar-refractivity contribution in [1.82, 2.24) is 4.90 Å². The molecular weight excluding hydrogens is 178 g/mol. The van der Waals surface area contributed by atoms with E-state index >= 15 is 0 Å². The minimum atomic E-state index is 0.267. The molecule has 0 fully saturated rings. The van der Waals surface area contributed by atoms with Gasteiger partial charge in [0.15, 0.2) is 0 Å². The first-order valence-corrected chi connectivity index (χ1v) is 5.79. The van der Waals surface area contributed by atoms with Gasteiger partial charge in [-0.2, -0.15) is 0 Å². The fourth-order valence-corrected chi connectivity index (χ4v) is 1.51. The first-order chi connectivity index (χ1) is 6.85. The van der Waals surface area contributed by atoms with Crippen LogP contribution in [-0.2, 0) is 0 Å². The lowest BCUT2D eigenvalue weighted by molar-refractivity contribution is 0.199. The van der Waals surface area contributed by atoms with E-state index in [0.29, 0.717) is 0 Å². The van der Waals surface area contributed by atoms with Crippen molar-refractivity contribution in [3.63, 3.8) is 0 Å². The van der Waals surface area contributed by atoms with E-state index in [1.54, 1.807) is 0 Å². The molecular formula is C11H25NO2. The third-order valence-electron chi connectivity index (χ3n) is 2.34. The van der Waals surface area contributed by atoms with E-state index < -0.39 is 0 Å². The molecule has 0 aromatic heterocycles. The van der Waals surface area contributed by atoms with Gasteiger partial charge in [0.1, 0.15) is 0 Å². The standard InChI is InChI=1S/C11H25NO2/c1-2-3-4-7-12(8-5-10-13)9-6-11-14/h13-14H,2-11H2,1H3. The summed E-state index contributed by atoms with van der Waals surface area (Å²) < 4.78 is 0. The zero-order valence-electron chi connectivity index (χ0n) is 9.41. The number of rotatable bonds is 10. The quantitative estimate of drug-likeness (QED) is 0.525. The number of nitrogens with zero attached hydrogens (tertiary/aromatic N) is 1. The van der Waals surface area contributed by atoms with Crippen LogP contribution in [0.2, 0.25) is 0 Å². The Labute approximate surface area is 87.7 Å². The number of aliphatic hydroxyl groups is 2. The van der Waals surface area contributed by atoms with Crippen molar-refractivity contribution >= 4 is 0 Å². The van der Waals surface area contributed by atoms with E-state index in [4.69, 9.17) is 10.2 Å². The van der Waals surface area contributed by atoms with Gasteiger partial charge in [-0.25, -0.2) is 0 Å². The molecule has 0 radical (unpaired) electrons. The molecule has 2 N–H and O–H groups in total. The van der Waals surface area contributed by atoms with Crippen LogP contribution in [0.25, 0.3) is 0 Å². The van der Waals surface area contributed by atoms with Crippen LogP contribution >= 0.6 is 0 Å². The number of hydrogen-bond acceptors (Lipinski definition) is 3. The molecule has 0 aliphatic rings. The van der Waals surface area contributed by atoms with Gasteiger partial charge >= 0.3 is 0 Å². The van der Waals surface area contributed by atoms with Crippen molar-refractivity contribution in [3.8, 4) is 0 Å². The molecule has 0 saturated heterocycles. The molecule has 0 spiro atoms. The van der Waals surface area contributed by atoms with Gasteiger partial charge in [0.2, 0.25) is 0 Å². The lowest BCUT2D eigenvalue weighted by atomic mass is 10.2. The first kappa shape index (κ1) is 13.9. The lowest BCUT2D eigenvalue weighted by Gasteiger charge is -2.21. The summed E-state index contributed by atoms with van der Waals surface area (Å²) in [7, 11) is 0. The van der Waals surface area contributed by atoms with Crippen molar-refractivity contribution in [2.75, 3.05) is 32.8 Å². The molecule has 0 bridgehead atoms. The SMILES string of the molecule is CCCCCN(CCCO)CCCO. The fraction of sp³-hybridized carbons (Fsp3) is 1.00. The molecule has 0 amide bonds. The summed E-state index contributed by atoms with van der Waals surface area (Å²) in [5.41, 5.74) is 0. The van der Waals surface area contributed by atoms with E-state index in [2.05, 4.69) is 11.8 Å². The van der Waals surface area contributed by atoms with Crippen LogP contribution in [-0.4, -0.2) is 48.0 Å². The average Bonchev–Trinajstić information content (AvgIpc) is 2.21. The summed E-state index contributed by atoms with van der Waals surface area (Å²) in [5.74, 6) is 0. The van der Waals surface area contributed by atoms with E-state index in [1.165, 1.54) is 19.3 Å². The van der Waals surface area contributed by atoms with Gasteiger partial charge in [-0.15, -0.1) is 0 Å². The highest BCUT2D eigenvalue weighted by Crippen LogP contribution is 2.00. The van der Waals surface area contributed by atoms with E-state index in [1.807, 2.05) is 0 Å². The zero-order valence-corrected chi connectivity index (χ0v) is 9.41. The Morgan fingerprint density at radius 1 is 0.786 bits per heavy atom. The summed E-state index contributed by atoms with van der Waals surface area (Å²) in [4.78, 5) is 2.34. The maximum Gasteiger partial charge on any atom is 0.0443 e. The van der Waals surface area contributed by atoms with Crippen LogP contribution in [0.5, 0.6) is 0 Å². The molecule has 0 aromatic rings. The Kier molecular flexibility index (Phi) is 10.9. The molecule has 86 valence electrons. The number of aliphatic hydroxyl groups excluding tert-OH is 2. The minimum Gasteiger partial charge on any atom is -0.396 e. The second kappa shape index (κ2) is 11.0. The van der Waals surface area contributed by atoms with Gasteiger partial charge in [-0.3, -0.25) is 0 Å². The van der Waals surface area contributed by atoms with Gasteiger partial charge in [0, 0.05) is 26.3 Å². The summed E-state index contributed by atoms with van der Waals surface area (Å²) in [6, 6.07) is 0. The van der Waals surface area contributed by atoms with Crippen LogP contribution in [0.1, 0.15) is 39.0 Å². The lowest BCUT2D eigenvalue weighted by Crippen LogP contribution is -2.28. The zero-order chi connectivity index (χ0) is 10.6. The highest BCUT2D eigenvalue weighted by Gasteiger charge is 2.02. The Morgan fingerprint density at radius 3 is 1.71 bits per heavy atom. The van der Waals surface area contributed by atoms with Gasteiger partial charge in [0.25, 0.3) is 0 Å². The molecule has 14 heavy (non-hydrogen) atoms. The van der Waals surface area contributed by atoms with Gasteiger partial charge in [0.05, 0.1) is 0 Å². The smallest absolute Gasteiger partial charge is 0.0443 e. The van der Waals surface area contributed by atoms with Gasteiger partial charge < -0.3 is 15.1 Å². The Morgan fingerprint density at radius 2 is 1.29 bits per heavy atom. The highest BCUT2D eigenvalue weighted by atomic mass is 16.3. The molecule has 3 nitrogen and oxygen atoms in total. The second-order valence-corrected chi connectivity index (χ2v) is 3.70. The van der Waals surface area contributed by atoms with Crippen molar-refractivity contribution in [2.24, 2.45) is 0 Å². The molecule has 0 rings (SSSR count). The normalized spacial score (nSPS) is 11.1. The largest absolute Gasteiger partial charge is 0.396 e. The highest BCUT2D eigenvalue weighted by molar-refractivity contribution is 4.57. The molecule has 0 saturated carbocycles. The van der Waals surface area contributed by atoms with Crippen LogP contribution in [0, 0.1) is 0 Å². The Hall–Kier alpha value is -0.120. The molecule has 3 heteroatoms. The van der Waals surface area contributed by atoms with Gasteiger partial charge in [-0.1, -0.05) is 19.8 Å². The van der Waals surface area contributed by atoms with Crippen LogP contribution in [0.3, 0.4) is 0 Å². The van der Waals surface area contributed by atoms with Gasteiger partial charge in [-0.05, 0) is 25.8 Å². The summed E-state index contributed by atoms with van der Waals surface area (Å²) in [6.07, 6.45) is 5.44. The minimum absolute atomic E-state index is 0.267. The fourth-order valence-electron chi connectivity index (χ4n) is 1.51. The van der Waals surface area contributed by atoms with E-state index in [9.17, 15) is 0 Å². The molecule has 0 unspecified atom stereocenters. The Balaban J connectivity index is 3.49. The topological polar surface area (TPSA) is 43.7 Å². The molecule has 0 aromatic carbocycles. The maximum atomic E-state index is 8.74. The van der Waals surface area contributed by atoms with Crippen LogP contribution < -0.4 is 0 Å². The third kappa shape index (κ3) is 8.48. The first-order valence-electron chi connectivity index (χ1n) is 5.79. The monoisotopic (exact) mass is 203 g/mol. The van der Waals surface area contributed by atoms with E-state index in [-0.39, 0.29) is 13.2 Å². The molecule has 0 aliphatic heterocycles. The predicted molar refractivity (Wildman–Crippen MR) is 59.4 cm³/mol. The third-order valence-corrected chi connectivity index (χ3v) is 2.34. The summed E-state index contributed by atoms with van der Waals surface area (Å²) in [5, 5.41) is 17.5. The molecule has 0 heterocycles. The van der Waals surface area contributed by atoms with Crippen molar-refractivity contribution in [2.45, 2.75) is 39.0 Å². The maximum absolute atomic E-state index is 8.74. The average molecular weight is 203 g/mol. The predicted octanol–water partition coefficient (Wildman–Crippen LogP) is 1.24. The van der Waals surface area contributed by atoms with Crippen molar-refractivity contribution in [3.05, 3.63) is 0 Å². The van der Waals surface area contributed by atoms with Crippen LogP contribution in [0.15, 0.2) is 0 Å². The van der Waals surface area contributed by atoms with Crippen molar-refractivity contribution in [1.29, 1.82) is 0 Å². The molecule has 0 atom stereocenters. The number of hydrogen-bond donors (Lipinski definition) is 2.